The zero-order valence-electron chi connectivity index (χ0n) is 16.8. The lowest BCUT2D eigenvalue weighted by molar-refractivity contribution is -0.111. The second-order valence-electron chi connectivity index (χ2n) is 6.83. The van der Waals surface area contributed by atoms with E-state index in [1.54, 1.807) is 6.92 Å². The molecular weight excluding hydrogens is 392 g/mol. The summed E-state index contributed by atoms with van der Waals surface area (Å²) in [5.41, 5.74) is 1.66. The molecule has 2 amide bonds. The third-order valence-corrected chi connectivity index (χ3v) is 4.67. The van der Waals surface area contributed by atoms with Gasteiger partial charge in [-0.15, -0.1) is 6.42 Å². The Bertz CT molecular complexity index is 1250. The lowest BCUT2D eigenvalue weighted by atomic mass is 10.0. The summed E-state index contributed by atoms with van der Waals surface area (Å²) >= 11 is 0. The van der Waals surface area contributed by atoms with E-state index in [9.17, 15) is 19.5 Å². The molecule has 0 aliphatic rings. The molecule has 0 saturated heterocycles. The number of carbonyl (C=O) groups is 3. The predicted octanol–water partition coefficient (Wildman–Crippen LogP) is 3.94. The van der Waals surface area contributed by atoms with Crippen LogP contribution in [0.1, 0.15) is 33.2 Å². The van der Waals surface area contributed by atoms with E-state index in [4.69, 9.17) is 6.42 Å². The molecule has 3 aromatic carbocycles. The predicted molar refractivity (Wildman–Crippen MR) is 121 cm³/mol. The van der Waals surface area contributed by atoms with Gasteiger partial charge >= 0.3 is 5.97 Å². The Labute approximate surface area is 179 Å². The number of carbonyl (C=O) groups excluding carboxylic acids is 2. The van der Waals surface area contributed by atoms with Gasteiger partial charge < -0.3 is 15.7 Å². The third kappa shape index (κ3) is 5.17. The molecule has 3 rings (SSSR count). The van der Waals surface area contributed by atoms with Gasteiger partial charge in [0.2, 0.25) is 5.91 Å². The van der Waals surface area contributed by atoms with Crippen molar-refractivity contribution >= 4 is 39.8 Å². The van der Waals surface area contributed by atoms with Gasteiger partial charge in [-0.3, -0.25) is 9.59 Å². The van der Waals surface area contributed by atoms with Gasteiger partial charge in [-0.2, -0.15) is 0 Å². The average Bonchev–Trinajstić information content (AvgIpc) is 2.76. The maximum atomic E-state index is 12.6. The molecule has 6 nitrogen and oxygen atoms in total. The Morgan fingerprint density at radius 3 is 2.42 bits per heavy atom. The fourth-order valence-electron chi connectivity index (χ4n) is 3.09. The number of aromatic carboxylic acids is 1. The number of allylic oxidation sites excluding steroid dienone is 1. The molecule has 3 N–H and O–H groups in total. The molecule has 154 valence electrons. The first kappa shape index (κ1) is 21.3. The van der Waals surface area contributed by atoms with E-state index in [1.807, 2.05) is 42.5 Å². The first-order valence-corrected chi connectivity index (χ1v) is 9.46. The van der Waals surface area contributed by atoms with Gasteiger partial charge in [-0.1, -0.05) is 42.3 Å². The van der Waals surface area contributed by atoms with Gasteiger partial charge in [0.1, 0.15) is 0 Å². The highest BCUT2D eigenvalue weighted by atomic mass is 16.4. The monoisotopic (exact) mass is 412 g/mol. The highest BCUT2D eigenvalue weighted by molar-refractivity contribution is 6.08. The van der Waals surface area contributed by atoms with Crippen molar-refractivity contribution in [2.24, 2.45) is 0 Å². The molecule has 0 radical (unpaired) electrons. The number of hydrogen-bond acceptors (Lipinski definition) is 3. The van der Waals surface area contributed by atoms with Crippen molar-refractivity contribution < 1.29 is 19.5 Å². The Kier molecular flexibility index (Phi) is 6.48. The minimum atomic E-state index is -1.22. The summed E-state index contributed by atoms with van der Waals surface area (Å²) in [5.74, 6) is 0.0984. The summed E-state index contributed by atoms with van der Waals surface area (Å²) in [4.78, 5) is 36.2. The molecule has 3 aromatic rings. The minimum absolute atomic E-state index is 0.0217. The maximum Gasteiger partial charge on any atom is 0.337 e. The number of terminal acetylenes is 1. The summed E-state index contributed by atoms with van der Waals surface area (Å²) in [7, 11) is 0. The van der Waals surface area contributed by atoms with Gasteiger partial charge in [-0.25, -0.2) is 4.79 Å². The SMILES string of the molecule is C#CCNC(=O)c1ccc(C(=O)O)c(NC(=O)/C=C(/C)c2ccc3ccccc3c2)c1. The molecule has 0 heterocycles. The van der Waals surface area contributed by atoms with Crippen LogP contribution in [-0.2, 0) is 4.79 Å². The van der Waals surface area contributed by atoms with Crippen LogP contribution in [0.5, 0.6) is 0 Å². The van der Waals surface area contributed by atoms with Crippen molar-refractivity contribution in [1.29, 1.82) is 0 Å². The molecule has 0 atom stereocenters. The van der Waals surface area contributed by atoms with Crippen LogP contribution in [0.3, 0.4) is 0 Å². The van der Waals surface area contributed by atoms with Crippen molar-refractivity contribution in [2.75, 3.05) is 11.9 Å². The van der Waals surface area contributed by atoms with Crippen molar-refractivity contribution in [1.82, 2.24) is 5.32 Å². The van der Waals surface area contributed by atoms with E-state index in [1.165, 1.54) is 24.3 Å². The molecule has 0 unspecified atom stereocenters. The fraction of sp³-hybridized carbons (Fsp3) is 0.0800. The first-order valence-electron chi connectivity index (χ1n) is 9.46. The molecule has 0 spiro atoms. The van der Waals surface area contributed by atoms with Crippen molar-refractivity contribution in [3.05, 3.63) is 83.4 Å². The van der Waals surface area contributed by atoms with Gasteiger partial charge in [-0.05, 0) is 53.1 Å². The van der Waals surface area contributed by atoms with Crippen LogP contribution in [0, 0.1) is 12.3 Å². The Morgan fingerprint density at radius 1 is 1.00 bits per heavy atom. The molecule has 6 heteroatoms. The lowest BCUT2D eigenvalue weighted by Crippen LogP contribution is -2.24. The normalized spacial score (nSPS) is 10.9. The fourth-order valence-corrected chi connectivity index (χ4v) is 3.09. The maximum absolute atomic E-state index is 12.6. The van der Waals surface area contributed by atoms with Crippen molar-refractivity contribution in [2.45, 2.75) is 6.92 Å². The second-order valence-corrected chi connectivity index (χ2v) is 6.83. The third-order valence-electron chi connectivity index (χ3n) is 4.67. The topological polar surface area (TPSA) is 95.5 Å². The minimum Gasteiger partial charge on any atom is -0.478 e. The molecule has 0 saturated carbocycles. The average molecular weight is 412 g/mol. The number of amides is 2. The molecule has 0 aromatic heterocycles. The number of carboxylic acid groups (broad SMARTS) is 1. The largest absolute Gasteiger partial charge is 0.478 e. The smallest absolute Gasteiger partial charge is 0.337 e. The van der Waals surface area contributed by atoms with Crippen molar-refractivity contribution in [3.63, 3.8) is 0 Å². The van der Waals surface area contributed by atoms with Crippen molar-refractivity contribution in [3.8, 4) is 12.3 Å². The highest BCUT2D eigenvalue weighted by Crippen LogP contribution is 2.22. The van der Waals surface area contributed by atoms with Crippen LogP contribution in [0.25, 0.3) is 16.3 Å². The Morgan fingerprint density at radius 2 is 1.71 bits per heavy atom. The highest BCUT2D eigenvalue weighted by Gasteiger charge is 2.15. The Hall–Kier alpha value is -4.37. The summed E-state index contributed by atoms with van der Waals surface area (Å²) in [6.45, 7) is 1.83. The summed E-state index contributed by atoms with van der Waals surface area (Å²) in [5, 5.41) is 16.6. The van der Waals surface area contributed by atoms with Crippen LogP contribution < -0.4 is 10.6 Å². The van der Waals surface area contributed by atoms with E-state index in [-0.39, 0.29) is 23.4 Å². The quantitative estimate of drug-likeness (QED) is 0.422. The number of benzene rings is 3. The number of nitrogens with one attached hydrogen (secondary N) is 2. The first-order chi connectivity index (χ1) is 14.9. The number of fused-ring (bicyclic) bond motifs is 1. The van der Waals surface area contributed by atoms with Crippen LogP contribution in [0.2, 0.25) is 0 Å². The lowest BCUT2D eigenvalue weighted by Gasteiger charge is -2.10. The standard InChI is InChI=1S/C25H20N2O4/c1-3-12-26-24(29)20-10-11-21(25(30)31)22(15-20)27-23(28)13-16(2)18-9-8-17-6-4-5-7-19(17)14-18/h1,4-11,13-15H,12H2,2H3,(H,26,29)(H,27,28)(H,30,31)/b16-13-. The zero-order chi connectivity index (χ0) is 22.4. The van der Waals surface area contributed by atoms with E-state index >= 15 is 0 Å². The number of hydrogen-bond donors (Lipinski definition) is 3. The van der Waals surface area contributed by atoms with Crippen LogP contribution in [0.15, 0.2) is 66.7 Å². The number of anilines is 1. The summed E-state index contributed by atoms with van der Waals surface area (Å²) < 4.78 is 0. The van der Waals surface area contributed by atoms with E-state index in [0.29, 0.717) is 5.57 Å². The molecular formula is C25H20N2O4. The zero-order valence-corrected chi connectivity index (χ0v) is 16.8. The van der Waals surface area contributed by atoms with E-state index in [2.05, 4.69) is 16.6 Å². The molecule has 0 aliphatic carbocycles. The second kappa shape index (κ2) is 9.42. The van der Waals surface area contributed by atoms with Crippen LogP contribution >= 0.6 is 0 Å². The van der Waals surface area contributed by atoms with Gasteiger partial charge in [0.25, 0.3) is 5.91 Å². The van der Waals surface area contributed by atoms with Gasteiger partial charge in [0.15, 0.2) is 0 Å². The molecule has 0 bridgehead atoms. The van der Waals surface area contributed by atoms with Gasteiger partial charge in [0.05, 0.1) is 17.8 Å². The number of carboxylic acids is 1. The van der Waals surface area contributed by atoms with Crippen LogP contribution in [0.4, 0.5) is 5.69 Å². The van der Waals surface area contributed by atoms with E-state index < -0.39 is 17.8 Å². The van der Waals surface area contributed by atoms with Crippen LogP contribution in [-0.4, -0.2) is 29.4 Å². The van der Waals surface area contributed by atoms with Gasteiger partial charge in [0, 0.05) is 11.6 Å². The molecule has 0 aliphatic heterocycles. The van der Waals surface area contributed by atoms with E-state index in [0.717, 1.165) is 16.3 Å². The number of rotatable bonds is 6. The summed E-state index contributed by atoms with van der Waals surface area (Å²) in [6.07, 6.45) is 6.52. The Balaban J connectivity index is 1.85. The molecule has 0 fully saturated rings. The summed E-state index contributed by atoms with van der Waals surface area (Å²) in [6, 6.07) is 17.7. The molecule has 31 heavy (non-hydrogen) atoms.